The second-order valence-corrected chi connectivity index (χ2v) is 5.39. The maximum atomic E-state index is 12.3. The summed E-state index contributed by atoms with van der Waals surface area (Å²) in [5.74, 6) is 0.831. The van der Waals surface area contributed by atoms with Crippen molar-refractivity contribution in [3.63, 3.8) is 0 Å². The van der Waals surface area contributed by atoms with Gasteiger partial charge in [0.05, 0.1) is 7.11 Å². The SMILES string of the molecule is COc1ccccc1CCC(=O)Nc1cccc2ccccc12. The summed E-state index contributed by atoms with van der Waals surface area (Å²) in [6, 6.07) is 21.8. The minimum Gasteiger partial charge on any atom is -0.496 e. The molecule has 3 heteroatoms. The van der Waals surface area contributed by atoms with E-state index in [0.717, 1.165) is 27.8 Å². The van der Waals surface area contributed by atoms with Crippen LogP contribution >= 0.6 is 0 Å². The van der Waals surface area contributed by atoms with Gasteiger partial charge < -0.3 is 10.1 Å². The van der Waals surface area contributed by atoms with Crippen LogP contribution in [0.2, 0.25) is 0 Å². The number of anilines is 1. The first-order valence-corrected chi connectivity index (χ1v) is 7.67. The average Bonchev–Trinajstić information content (AvgIpc) is 2.60. The topological polar surface area (TPSA) is 38.3 Å². The Balaban J connectivity index is 1.69. The van der Waals surface area contributed by atoms with Crippen LogP contribution in [0.25, 0.3) is 10.8 Å². The highest BCUT2D eigenvalue weighted by Crippen LogP contribution is 2.24. The lowest BCUT2D eigenvalue weighted by Gasteiger charge is -2.10. The molecule has 0 aliphatic carbocycles. The highest BCUT2D eigenvalue weighted by molar-refractivity contribution is 6.02. The Hall–Kier alpha value is -2.81. The first-order valence-electron chi connectivity index (χ1n) is 7.67. The summed E-state index contributed by atoms with van der Waals surface area (Å²) in [6.07, 6.45) is 1.07. The molecule has 0 spiro atoms. The van der Waals surface area contributed by atoms with Crippen molar-refractivity contribution in [3.8, 4) is 5.75 Å². The second-order valence-electron chi connectivity index (χ2n) is 5.39. The number of amides is 1. The molecule has 0 fully saturated rings. The number of aryl methyl sites for hydroxylation is 1. The van der Waals surface area contributed by atoms with E-state index in [1.807, 2.05) is 66.7 Å². The van der Waals surface area contributed by atoms with Crippen molar-refractivity contribution < 1.29 is 9.53 Å². The van der Waals surface area contributed by atoms with E-state index >= 15 is 0 Å². The summed E-state index contributed by atoms with van der Waals surface area (Å²) in [7, 11) is 1.65. The van der Waals surface area contributed by atoms with Crippen LogP contribution in [0.15, 0.2) is 66.7 Å². The number of benzene rings is 3. The molecule has 0 atom stereocenters. The van der Waals surface area contributed by atoms with Gasteiger partial charge in [-0.2, -0.15) is 0 Å². The lowest BCUT2D eigenvalue weighted by Crippen LogP contribution is -2.12. The number of methoxy groups -OCH3 is 1. The minimum absolute atomic E-state index is 0.00672. The molecule has 0 aliphatic heterocycles. The van der Waals surface area contributed by atoms with E-state index in [0.29, 0.717) is 12.8 Å². The van der Waals surface area contributed by atoms with Gasteiger partial charge in [0.1, 0.15) is 5.75 Å². The molecule has 1 N–H and O–H groups in total. The Morgan fingerprint density at radius 3 is 2.57 bits per heavy atom. The highest BCUT2D eigenvalue weighted by atomic mass is 16.5. The van der Waals surface area contributed by atoms with Gasteiger partial charge in [0, 0.05) is 17.5 Å². The van der Waals surface area contributed by atoms with Crippen molar-refractivity contribution in [3.05, 3.63) is 72.3 Å². The molecule has 0 saturated carbocycles. The van der Waals surface area contributed by atoms with E-state index in [9.17, 15) is 4.79 Å². The highest BCUT2D eigenvalue weighted by Gasteiger charge is 2.08. The van der Waals surface area contributed by atoms with Gasteiger partial charge in [0.25, 0.3) is 0 Å². The van der Waals surface area contributed by atoms with Crippen LogP contribution in [0, 0.1) is 0 Å². The lowest BCUT2D eigenvalue weighted by molar-refractivity contribution is -0.116. The molecular formula is C20H19NO2. The Morgan fingerprint density at radius 2 is 1.70 bits per heavy atom. The number of para-hydroxylation sites is 1. The van der Waals surface area contributed by atoms with Gasteiger partial charge in [-0.3, -0.25) is 4.79 Å². The molecule has 0 unspecified atom stereocenters. The van der Waals surface area contributed by atoms with Crippen molar-refractivity contribution in [2.75, 3.05) is 12.4 Å². The standard InChI is InChI=1S/C20H19NO2/c1-23-19-12-5-3-8-16(19)13-14-20(22)21-18-11-6-9-15-7-2-4-10-17(15)18/h2-12H,13-14H2,1H3,(H,21,22). The normalized spacial score (nSPS) is 10.5. The first-order chi connectivity index (χ1) is 11.3. The monoisotopic (exact) mass is 305 g/mol. The Bertz CT molecular complexity index is 821. The zero-order valence-electron chi connectivity index (χ0n) is 13.1. The van der Waals surface area contributed by atoms with E-state index in [1.54, 1.807) is 7.11 Å². The van der Waals surface area contributed by atoms with Crippen LogP contribution in [0.4, 0.5) is 5.69 Å². The van der Waals surface area contributed by atoms with Crippen molar-refractivity contribution in [2.45, 2.75) is 12.8 Å². The van der Waals surface area contributed by atoms with Gasteiger partial charge in [-0.05, 0) is 29.5 Å². The van der Waals surface area contributed by atoms with Gasteiger partial charge in [-0.1, -0.05) is 54.6 Å². The molecule has 0 saturated heterocycles. The van der Waals surface area contributed by atoms with E-state index in [4.69, 9.17) is 4.74 Å². The average molecular weight is 305 g/mol. The fourth-order valence-corrected chi connectivity index (χ4v) is 2.70. The molecule has 3 rings (SSSR count). The quantitative estimate of drug-likeness (QED) is 0.758. The van der Waals surface area contributed by atoms with Crippen LogP contribution in [0.3, 0.4) is 0 Å². The number of hydrogen-bond donors (Lipinski definition) is 1. The number of ether oxygens (including phenoxy) is 1. The third kappa shape index (κ3) is 3.51. The molecular weight excluding hydrogens is 286 g/mol. The van der Waals surface area contributed by atoms with Crippen molar-refractivity contribution in [2.24, 2.45) is 0 Å². The van der Waals surface area contributed by atoms with E-state index in [-0.39, 0.29) is 5.91 Å². The molecule has 1 amide bonds. The number of hydrogen-bond acceptors (Lipinski definition) is 2. The first kappa shape index (κ1) is 15.1. The molecule has 3 nitrogen and oxygen atoms in total. The minimum atomic E-state index is 0.00672. The van der Waals surface area contributed by atoms with Crippen LogP contribution in [0.1, 0.15) is 12.0 Å². The van der Waals surface area contributed by atoms with Crippen molar-refractivity contribution in [1.29, 1.82) is 0 Å². The molecule has 0 aliphatic rings. The molecule has 3 aromatic carbocycles. The van der Waals surface area contributed by atoms with Crippen LogP contribution in [-0.4, -0.2) is 13.0 Å². The Labute approximate surface area is 135 Å². The van der Waals surface area contributed by atoms with E-state index in [2.05, 4.69) is 5.32 Å². The number of carbonyl (C=O) groups is 1. The lowest BCUT2D eigenvalue weighted by atomic mass is 10.1. The largest absolute Gasteiger partial charge is 0.496 e. The predicted octanol–water partition coefficient (Wildman–Crippen LogP) is 4.42. The van der Waals surface area contributed by atoms with E-state index in [1.165, 1.54) is 0 Å². The fraction of sp³-hybridized carbons (Fsp3) is 0.150. The van der Waals surface area contributed by atoms with Crippen molar-refractivity contribution in [1.82, 2.24) is 0 Å². The second kappa shape index (κ2) is 6.97. The van der Waals surface area contributed by atoms with Crippen LogP contribution in [-0.2, 0) is 11.2 Å². The molecule has 0 aromatic heterocycles. The van der Waals surface area contributed by atoms with Crippen LogP contribution < -0.4 is 10.1 Å². The number of carbonyl (C=O) groups excluding carboxylic acids is 1. The molecule has 23 heavy (non-hydrogen) atoms. The number of nitrogens with one attached hydrogen (secondary N) is 1. The third-order valence-electron chi connectivity index (χ3n) is 3.88. The number of fused-ring (bicyclic) bond motifs is 1. The van der Waals surface area contributed by atoms with Gasteiger partial charge in [0.2, 0.25) is 5.91 Å². The number of rotatable bonds is 5. The zero-order chi connectivity index (χ0) is 16.1. The van der Waals surface area contributed by atoms with Crippen LogP contribution in [0.5, 0.6) is 5.75 Å². The molecule has 0 heterocycles. The van der Waals surface area contributed by atoms with Crippen molar-refractivity contribution >= 4 is 22.4 Å². The van der Waals surface area contributed by atoms with Gasteiger partial charge in [-0.25, -0.2) is 0 Å². The molecule has 0 radical (unpaired) electrons. The maximum absolute atomic E-state index is 12.3. The summed E-state index contributed by atoms with van der Waals surface area (Å²) >= 11 is 0. The Kier molecular flexibility index (Phi) is 4.57. The molecule has 3 aromatic rings. The van der Waals surface area contributed by atoms with Gasteiger partial charge >= 0.3 is 0 Å². The molecule has 116 valence electrons. The fourth-order valence-electron chi connectivity index (χ4n) is 2.70. The summed E-state index contributed by atoms with van der Waals surface area (Å²) in [5.41, 5.74) is 1.90. The summed E-state index contributed by atoms with van der Waals surface area (Å²) in [6.45, 7) is 0. The Morgan fingerprint density at radius 1 is 0.957 bits per heavy atom. The van der Waals surface area contributed by atoms with Gasteiger partial charge in [0.15, 0.2) is 0 Å². The van der Waals surface area contributed by atoms with Gasteiger partial charge in [-0.15, -0.1) is 0 Å². The third-order valence-corrected chi connectivity index (χ3v) is 3.88. The summed E-state index contributed by atoms with van der Waals surface area (Å²) in [4.78, 5) is 12.3. The summed E-state index contributed by atoms with van der Waals surface area (Å²) < 4.78 is 5.32. The van der Waals surface area contributed by atoms with E-state index < -0.39 is 0 Å². The smallest absolute Gasteiger partial charge is 0.224 e. The zero-order valence-corrected chi connectivity index (χ0v) is 13.1. The predicted molar refractivity (Wildman–Crippen MR) is 93.9 cm³/mol. The maximum Gasteiger partial charge on any atom is 0.224 e. The summed E-state index contributed by atoms with van der Waals surface area (Å²) in [5, 5.41) is 5.19. The molecule has 0 bridgehead atoms.